The molecule has 0 spiro atoms. The van der Waals surface area contributed by atoms with Crippen LogP contribution in [0.25, 0.3) is 0 Å². The van der Waals surface area contributed by atoms with Gasteiger partial charge in [-0.1, -0.05) is 18.2 Å². The summed E-state index contributed by atoms with van der Waals surface area (Å²) in [6.07, 6.45) is -3.07. The van der Waals surface area contributed by atoms with Crippen LogP contribution in [0.15, 0.2) is 34.6 Å². The van der Waals surface area contributed by atoms with E-state index in [0.29, 0.717) is 43.0 Å². The summed E-state index contributed by atoms with van der Waals surface area (Å²) in [5.41, 5.74) is 0.345. The highest BCUT2D eigenvalue weighted by Crippen LogP contribution is 2.32. The molecule has 9 heteroatoms. The van der Waals surface area contributed by atoms with E-state index < -0.39 is 11.9 Å². The van der Waals surface area contributed by atoms with Crippen LogP contribution in [0, 0.1) is 0 Å². The predicted octanol–water partition coefficient (Wildman–Crippen LogP) is 3.44. The summed E-state index contributed by atoms with van der Waals surface area (Å²) in [6.45, 7) is 1.84. The Morgan fingerprint density at radius 2 is 2.15 bits per heavy atom. The molecule has 5 nitrogen and oxygen atoms in total. The lowest BCUT2D eigenvalue weighted by molar-refractivity contribution is -0.140. The zero-order valence-corrected chi connectivity index (χ0v) is 15.7. The third-order valence-corrected chi connectivity index (χ3v) is 5.20. The van der Waals surface area contributed by atoms with Gasteiger partial charge >= 0.3 is 6.18 Å². The minimum atomic E-state index is -4.39. The van der Waals surface area contributed by atoms with Gasteiger partial charge in [-0.05, 0) is 18.1 Å². The fourth-order valence-electron chi connectivity index (χ4n) is 2.91. The van der Waals surface area contributed by atoms with Crippen molar-refractivity contribution in [3.05, 3.63) is 45.9 Å². The maximum Gasteiger partial charge on any atom is 0.434 e. The summed E-state index contributed by atoms with van der Waals surface area (Å²) >= 11 is 1.02. The van der Waals surface area contributed by atoms with E-state index in [4.69, 9.17) is 4.74 Å². The molecule has 2 aromatic rings. The number of alkyl halides is 3. The number of thiazole rings is 1. The van der Waals surface area contributed by atoms with Gasteiger partial charge < -0.3 is 15.4 Å². The van der Waals surface area contributed by atoms with Gasteiger partial charge in [0, 0.05) is 37.9 Å². The molecule has 27 heavy (non-hydrogen) atoms. The summed E-state index contributed by atoms with van der Waals surface area (Å²) in [4.78, 5) is 7.80. The minimum absolute atomic E-state index is 0.321. The normalized spacial score (nSPS) is 17.2. The number of aliphatic imine (C=N–C) groups is 1. The van der Waals surface area contributed by atoms with E-state index in [1.54, 1.807) is 7.05 Å². The van der Waals surface area contributed by atoms with E-state index in [1.165, 1.54) is 5.56 Å². The highest BCUT2D eigenvalue weighted by atomic mass is 32.1. The Hall–Kier alpha value is -2.29. The monoisotopic (exact) mass is 398 g/mol. The first-order valence-electron chi connectivity index (χ1n) is 8.65. The molecule has 0 saturated carbocycles. The molecule has 146 valence electrons. The smallest absolute Gasteiger partial charge is 0.434 e. The fourth-order valence-corrected chi connectivity index (χ4v) is 3.72. The molecule has 1 atom stereocenters. The molecule has 1 aliphatic rings. The number of hydrogen-bond donors (Lipinski definition) is 2. The third kappa shape index (κ3) is 5.12. The summed E-state index contributed by atoms with van der Waals surface area (Å²) in [7, 11) is 1.67. The number of fused-ring (bicyclic) bond motifs is 1. The fraction of sp³-hybridized carbons (Fsp3) is 0.444. The molecule has 0 fully saturated rings. The lowest BCUT2D eigenvalue weighted by Gasteiger charge is -2.26. The molecule has 2 heterocycles. The maximum absolute atomic E-state index is 12.6. The van der Waals surface area contributed by atoms with E-state index in [1.807, 2.05) is 18.2 Å². The van der Waals surface area contributed by atoms with Crippen LogP contribution < -0.4 is 15.4 Å². The number of hydrogen-bond acceptors (Lipinski definition) is 4. The van der Waals surface area contributed by atoms with Crippen molar-refractivity contribution in [2.24, 2.45) is 4.99 Å². The highest BCUT2D eigenvalue weighted by molar-refractivity contribution is 7.09. The summed E-state index contributed by atoms with van der Waals surface area (Å²) < 4.78 is 43.4. The van der Waals surface area contributed by atoms with E-state index in [9.17, 15) is 13.2 Å². The zero-order valence-electron chi connectivity index (χ0n) is 14.8. The van der Waals surface area contributed by atoms with Crippen molar-refractivity contribution >= 4 is 17.3 Å². The Morgan fingerprint density at radius 1 is 1.33 bits per heavy atom. The molecule has 1 aromatic carbocycles. The number of para-hydroxylation sites is 1. The Labute approximate surface area is 159 Å². The molecule has 0 amide bonds. The van der Waals surface area contributed by atoms with Gasteiger partial charge in [0.05, 0.1) is 11.6 Å². The number of benzene rings is 1. The largest absolute Gasteiger partial charge is 0.493 e. The van der Waals surface area contributed by atoms with Gasteiger partial charge in [-0.3, -0.25) is 4.99 Å². The maximum atomic E-state index is 12.6. The van der Waals surface area contributed by atoms with Gasteiger partial charge in [0.1, 0.15) is 5.75 Å². The number of rotatable bonds is 5. The van der Waals surface area contributed by atoms with Crippen LogP contribution in [0.1, 0.15) is 28.6 Å². The molecule has 2 N–H and O–H groups in total. The topological polar surface area (TPSA) is 58.5 Å². The van der Waals surface area contributed by atoms with Crippen LogP contribution in [-0.4, -0.2) is 37.7 Å². The lowest BCUT2D eigenvalue weighted by atomic mass is 9.93. The standard InChI is InChI=1S/C18H21F3N4OS/c1-22-17(23-8-6-16-25-15(11-27-16)18(19,20)21)24-10-12-7-9-26-14-5-3-2-4-13(12)14/h2-5,11-12H,6-10H2,1H3,(H2,22,23,24). The average molecular weight is 398 g/mol. The van der Waals surface area contributed by atoms with Crippen molar-refractivity contribution < 1.29 is 17.9 Å². The molecule has 0 radical (unpaired) electrons. The summed E-state index contributed by atoms with van der Waals surface area (Å²) in [5.74, 6) is 1.86. The van der Waals surface area contributed by atoms with Crippen molar-refractivity contribution in [2.45, 2.75) is 24.9 Å². The molecule has 1 aromatic heterocycles. The minimum Gasteiger partial charge on any atom is -0.493 e. The highest BCUT2D eigenvalue weighted by Gasteiger charge is 2.33. The van der Waals surface area contributed by atoms with Crippen LogP contribution in [0.5, 0.6) is 5.75 Å². The molecule has 0 bridgehead atoms. The molecule has 0 saturated heterocycles. The van der Waals surface area contributed by atoms with Gasteiger partial charge in [0.2, 0.25) is 0 Å². The molecule has 0 aliphatic carbocycles. The van der Waals surface area contributed by atoms with Crippen molar-refractivity contribution in [3.63, 3.8) is 0 Å². The Balaban J connectivity index is 1.47. The number of halogens is 3. The van der Waals surface area contributed by atoms with E-state index in [2.05, 4.69) is 26.7 Å². The van der Waals surface area contributed by atoms with Crippen molar-refractivity contribution in [1.82, 2.24) is 15.6 Å². The molecule has 3 rings (SSSR count). The number of aromatic nitrogens is 1. The number of nitrogens with zero attached hydrogens (tertiary/aromatic N) is 2. The van der Waals surface area contributed by atoms with Crippen LogP contribution in [0.3, 0.4) is 0 Å². The Morgan fingerprint density at radius 3 is 2.89 bits per heavy atom. The van der Waals surface area contributed by atoms with Gasteiger partial charge in [0.15, 0.2) is 11.7 Å². The number of ether oxygens (including phenoxy) is 1. The van der Waals surface area contributed by atoms with Crippen molar-refractivity contribution in [3.8, 4) is 5.75 Å². The van der Waals surface area contributed by atoms with Crippen LogP contribution in [0.2, 0.25) is 0 Å². The first-order chi connectivity index (χ1) is 13.0. The van der Waals surface area contributed by atoms with Gasteiger partial charge in [-0.15, -0.1) is 11.3 Å². The number of guanidine groups is 1. The second-order valence-corrected chi connectivity index (χ2v) is 7.07. The van der Waals surface area contributed by atoms with Gasteiger partial charge in [0.25, 0.3) is 0 Å². The quantitative estimate of drug-likeness (QED) is 0.599. The SMILES string of the molecule is CN=C(NCCc1nc(C(F)(F)F)cs1)NCC1CCOc2ccccc21. The van der Waals surface area contributed by atoms with Crippen LogP contribution >= 0.6 is 11.3 Å². The second kappa shape index (κ2) is 8.60. The second-order valence-electron chi connectivity index (χ2n) is 6.13. The lowest BCUT2D eigenvalue weighted by Crippen LogP contribution is -2.40. The zero-order chi connectivity index (χ0) is 19.3. The van der Waals surface area contributed by atoms with Crippen molar-refractivity contribution in [1.29, 1.82) is 0 Å². The van der Waals surface area contributed by atoms with E-state index in [0.717, 1.165) is 28.9 Å². The number of nitrogens with one attached hydrogen (secondary N) is 2. The van der Waals surface area contributed by atoms with Crippen LogP contribution in [0.4, 0.5) is 13.2 Å². The predicted molar refractivity (Wildman–Crippen MR) is 99.5 cm³/mol. The third-order valence-electron chi connectivity index (χ3n) is 4.30. The molecular formula is C18H21F3N4OS. The van der Waals surface area contributed by atoms with Crippen molar-refractivity contribution in [2.75, 3.05) is 26.7 Å². The Kier molecular flexibility index (Phi) is 6.20. The van der Waals surface area contributed by atoms with Crippen LogP contribution in [-0.2, 0) is 12.6 Å². The Bertz CT molecular complexity index is 791. The first kappa shape index (κ1) is 19.5. The average Bonchev–Trinajstić information content (AvgIpc) is 3.14. The first-order valence-corrected chi connectivity index (χ1v) is 9.53. The summed E-state index contributed by atoms with van der Waals surface area (Å²) in [5, 5.41) is 7.90. The molecule has 1 unspecified atom stereocenters. The summed E-state index contributed by atoms with van der Waals surface area (Å²) in [6, 6.07) is 7.99. The van der Waals surface area contributed by atoms with E-state index in [-0.39, 0.29) is 0 Å². The van der Waals surface area contributed by atoms with Gasteiger partial charge in [-0.25, -0.2) is 4.98 Å². The molecule has 1 aliphatic heterocycles. The van der Waals surface area contributed by atoms with E-state index >= 15 is 0 Å². The molecular weight excluding hydrogens is 377 g/mol. The van der Waals surface area contributed by atoms with Gasteiger partial charge in [-0.2, -0.15) is 13.2 Å².